The van der Waals surface area contributed by atoms with Crippen LogP contribution in [0.4, 0.5) is 0 Å². The lowest BCUT2D eigenvalue weighted by molar-refractivity contribution is 0.597. The van der Waals surface area contributed by atoms with Crippen molar-refractivity contribution in [1.82, 2.24) is 0 Å². The maximum absolute atomic E-state index is 3.43. The van der Waals surface area contributed by atoms with E-state index in [0.29, 0.717) is 0 Å². The van der Waals surface area contributed by atoms with E-state index in [9.17, 15) is 0 Å². The molecule has 0 aliphatic heterocycles. The molecule has 0 amide bonds. The minimum atomic E-state index is 0.802. The second-order valence-corrected chi connectivity index (χ2v) is 10.7. The standard InChI is InChI=1S/C38H38/c1-29(2)32-15-13-14-16-33(30(3)4)22-26-38(36-19-11-8-12-20-36)28-24-34(31(5)6)23-27-37(25-21-32)35-17-9-7-10-18-35/h7-12,17-20H2,1-6H3. The number of rotatable bonds is 0. The van der Waals surface area contributed by atoms with Gasteiger partial charge in [-0.1, -0.05) is 76.9 Å². The fraction of sp³-hybridized carbons (Fsp3) is 0.421. The van der Waals surface area contributed by atoms with Crippen molar-refractivity contribution in [2.24, 2.45) is 0 Å². The van der Waals surface area contributed by atoms with Crippen molar-refractivity contribution in [1.29, 1.82) is 0 Å². The Labute approximate surface area is 232 Å². The number of hydrogen-bond donors (Lipinski definition) is 0. The Kier molecular flexibility index (Phi) is 11.1. The minimum Gasteiger partial charge on any atom is -0.0527 e. The maximum Gasteiger partial charge on any atom is 0.0744 e. The third-order valence-corrected chi connectivity index (χ3v) is 6.81. The van der Waals surface area contributed by atoms with E-state index in [0.717, 1.165) is 70.3 Å². The molecule has 0 aromatic rings. The number of allylic oxidation sites excluding steroid dienone is 10. The van der Waals surface area contributed by atoms with Crippen molar-refractivity contribution in [3.05, 3.63) is 55.7 Å². The van der Waals surface area contributed by atoms with E-state index in [2.05, 4.69) is 84.9 Å². The Morgan fingerprint density at radius 3 is 0.947 bits per heavy atom. The lowest BCUT2D eigenvalue weighted by Crippen LogP contribution is -1.97. The van der Waals surface area contributed by atoms with Gasteiger partial charge in [-0.3, -0.25) is 0 Å². The molecule has 38 heavy (non-hydrogen) atoms. The van der Waals surface area contributed by atoms with Crippen LogP contribution in [0.25, 0.3) is 0 Å². The van der Waals surface area contributed by atoms with E-state index in [1.165, 1.54) is 49.7 Å². The monoisotopic (exact) mass is 494 g/mol. The zero-order valence-electron chi connectivity index (χ0n) is 24.1. The van der Waals surface area contributed by atoms with Gasteiger partial charge < -0.3 is 0 Å². The zero-order valence-corrected chi connectivity index (χ0v) is 24.1. The van der Waals surface area contributed by atoms with E-state index < -0.39 is 0 Å². The van der Waals surface area contributed by atoms with Gasteiger partial charge in [0.15, 0.2) is 0 Å². The molecular weight excluding hydrogens is 456 g/mol. The molecule has 0 N–H and O–H groups in total. The molecular formula is C38H38. The summed E-state index contributed by atoms with van der Waals surface area (Å²) in [6.45, 7) is 12.3. The van der Waals surface area contributed by atoms with Gasteiger partial charge in [0.1, 0.15) is 0 Å². The highest BCUT2D eigenvalue weighted by molar-refractivity contribution is 5.62. The highest BCUT2D eigenvalue weighted by Gasteiger charge is 2.10. The van der Waals surface area contributed by atoms with E-state index in [1.807, 2.05) is 27.7 Å². The van der Waals surface area contributed by atoms with Crippen LogP contribution in [0.15, 0.2) is 55.7 Å². The van der Waals surface area contributed by atoms with Gasteiger partial charge in [-0.25, -0.2) is 0 Å². The topological polar surface area (TPSA) is 0 Å². The quantitative estimate of drug-likeness (QED) is 0.296. The van der Waals surface area contributed by atoms with Crippen LogP contribution >= 0.6 is 0 Å². The lowest BCUT2D eigenvalue weighted by Gasteiger charge is -2.14. The predicted octanol–water partition coefficient (Wildman–Crippen LogP) is 8.55. The molecule has 0 unspecified atom stereocenters. The fourth-order valence-corrected chi connectivity index (χ4v) is 4.40. The molecule has 2 fully saturated rings. The predicted molar refractivity (Wildman–Crippen MR) is 162 cm³/mol. The third kappa shape index (κ3) is 8.87. The van der Waals surface area contributed by atoms with Crippen LogP contribution in [0.2, 0.25) is 0 Å². The average molecular weight is 495 g/mol. The minimum absolute atomic E-state index is 0.802. The van der Waals surface area contributed by atoms with Gasteiger partial charge in [-0.2, -0.15) is 0 Å². The van der Waals surface area contributed by atoms with Crippen LogP contribution in [0.1, 0.15) is 106 Å². The second-order valence-electron chi connectivity index (χ2n) is 10.7. The first-order chi connectivity index (χ1) is 18.3. The van der Waals surface area contributed by atoms with Gasteiger partial charge >= 0.3 is 0 Å². The summed E-state index contributed by atoms with van der Waals surface area (Å²) in [5.41, 5.74) is 10.3. The Bertz CT molecular complexity index is 1380. The molecule has 3 aliphatic rings. The highest BCUT2D eigenvalue weighted by atomic mass is 14.1. The molecule has 0 spiro atoms. The van der Waals surface area contributed by atoms with Crippen molar-refractivity contribution in [3.63, 3.8) is 0 Å². The normalized spacial score (nSPS) is 17.4. The first-order valence-corrected chi connectivity index (χ1v) is 13.9. The summed E-state index contributed by atoms with van der Waals surface area (Å²) >= 11 is 0. The van der Waals surface area contributed by atoms with Crippen molar-refractivity contribution in [2.45, 2.75) is 106 Å². The molecule has 190 valence electrons. The van der Waals surface area contributed by atoms with E-state index in [-0.39, 0.29) is 0 Å². The van der Waals surface area contributed by atoms with E-state index >= 15 is 0 Å². The molecule has 2 saturated carbocycles. The number of hydrogen-bond acceptors (Lipinski definition) is 0. The Balaban J connectivity index is 2.28. The van der Waals surface area contributed by atoms with E-state index in [1.54, 1.807) is 0 Å². The summed E-state index contributed by atoms with van der Waals surface area (Å²) in [5.74, 6) is 39.5. The summed E-state index contributed by atoms with van der Waals surface area (Å²) in [6.07, 6.45) is 11.6. The van der Waals surface area contributed by atoms with Crippen LogP contribution in [-0.4, -0.2) is 0 Å². The first-order valence-electron chi connectivity index (χ1n) is 13.9. The molecule has 0 atom stereocenters. The SMILES string of the molecule is CC(C)=C1C#CC#CC(=C(C)C)C#CC(=C2CCCCC2)C#CC(=C(C)C)C#CC(=C2CCCCC2)C#C1. The Morgan fingerprint density at radius 1 is 0.368 bits per heavy atom. The summed E-state index contributed by atoms with van der Waals surface area (Å²) in [4.78, 5) is 0. The smallest absolute Gasteiger partial charge is 0.0527 e. The third-order valence-electron chi connectivity index (χ3n) is 6.81. The lowest BCUT2D eigenvalue weighted by atomic mass is 9.90. The Morgan fingerprint density at radius 2 is 0.658 bits per heavy atom. The summed E-state index contributed by atoms with van der Waals surface area (Å²) in [5, 5.41) is 0. The summed E-state index contributed by atoms with van der Waals surface area (Å²) < 4.78 is 0. The second kappa shape index (κ2) is 14.7. The first kappa shape index (κ1) is 28.6. The average Bonchev–Trinajstić information content (AvgIpc) is 2.91. The van der Waals surface area contributed by atoms with Crippen LogP contribution in [0.3, 0.4) is 0 Å². The van der Waals surface area contributed by atoms with Crippen LogP contribution < -0.4 is 0 Å². The largest absolute Gasteiger partial charge is 0.0744 e. The molecule has 0 heterocycles. The van der Waals surface area contributed by atoms with Crippen molar-refractivity contribution in [3.8, 4) is 71.0 Å². The van der Waals surface area contributed by atoms with Gasteiger partial charge in [0.05, 0.1) is 27.9 Å². The molecule has 0 bridgehead atoms. The fourth-order valence-electron chi connectivity index (χ4n) is 4.40. The van der Waals surface area contributed by atoms with Gasteiger partial charge in [-0.05, 0) is 128 Å². The van der Waals surface area contributed by atoms with Gasteiger partial charge in [0.25, 0.3) is 0 Å². The molecule has 0 radical (unpaired) electrons. The van der Waals surface area contributed by atoms with Crippen molar-refractivity contribution in [2.75, 3.05) is 0 Å². The van der Waals surface area contributed by atoms with E-state index in [4.69, 9.17) is 0 Å². The van der Waals surface area contributed by atoms with Gasteiger partial charge in [0, 0.05) is 0 Å². The van der Waals surface area contributed by atoms with Crippen LogP contribution in [0, 0.1) is 71.0 Å². The Hall–Kier alpha value is -3.94. The van der Waals surface area contributed by atoms with Crippen LogP contribution in [-0.2, 0) is 0 Å². The van der Waals surface area contributed by atoms with Crippen molar-refractivity contribution >= 4 is 0 Å². The molecule has 0 aromatic heterocycles. The maximum atomic E-state index is 3.43. The zero-order chi connectivity index (χ0) is 27.3. The van der Waals surface area contributed by atoms with Crippen molar-refractivity contribution < 1.29 is 0 Å². The highest BCUT2D eigenvalue weighted by Crippen LogP contribution is 2.27. The molecule has 0 nitrogen and oxygen atoms in total. The van der Waals surface area contributed by atoms with Gasteiger partial charge in [0.2, 0.25) is 0 Å². The molecule has 3 rings (SSSR count). The van der Waals surface area contributed by atoms with Crippen LogP contribution in [0.5, 0.6) is 0 Å². The van der Waals surface area contributed by atoms with Gasteiger partial charge in [-0.15, -0.1) is 0 Å². The summed E-state index contributed by atoms with van der Waals surface area (Å²) in [6, 6.07) is 0. The molecule has 0 aromatic carbocycles. The summed E-state index contributed by atoms with van der Waals surface area (Å²) in [7, 11) is 0. The molecule has 3 aliphatic carbocycles. The molecule has 0 saturated heterocycles. The molecule has 0 heteroatoms.